The first-order valence-electron chi connectivity index (χ1n) is 10.8. The minimum Gasteiger partial charge on any atom is -0.497 e. The van der Waals surface area contributed by atoms with Crippen molar-refractivity contribution in [1.82, 2.24) is 9.47 Å². The summed E-state index contributed by atoms with van der Waals surface area (Å²) in [5, 5.41) is 1.33. The number of rotatable bonds is 7. The molecule has 0 bridgehead atoms. The van der Waals surface area contributed by atoms with Gasteiger partial charge in [0.05, 0.1) is 30.9 Å². The maximum absolute atomic E-state index is 13.3. The van der Waals surface area contributed by atoms with Crippen LogP contribution in [-0.2, 0) is 9.53 Å². The summed E-state index contributed by atoms with van der Waals surface area (Å²) in [4.78, 5) is 20.3. The lowest BCUT2D eigenvalue weighted by molar-refractivity contribution is -0.122. The topological polar surface area (TPSA) is 56.1 Å². The molecule has 34 heavy (non-hydrogen) atoms. The Balaban J connectivity index is 1.68. The van der Waals surface area contributed by atoms with Crippen molar-refractivity contribution in [3.63, 3.8) is 0 Å². The third-order valence-corrected chi connectivity index (χ3v) is 6.80. The van der Waals surface area contributed by atoms with Gasteiger partial charge in [0, 0.05) is 29.2 Å². The average Bonchev–Trinajstić information content (AvgIpc) is 3.28. The first-order valence-corrected chi connectivity index (χ1v) is 12.0. The normalized spacial score (nSPS) is 16.1. The second-order valence-electron chi connectivity index (χ2n) is 7.79. The Morgan fingerprint density at radius 3 is 2.41 bits per heavy atom. The lowest BCUT2D eigenvalue weighted by Crippen LogP contribution is -2.32. The van der Waals surface area contributed by atoms with E-state index in [0.717, 1.165) is 34.1 Å². The van der Waals surface area contributed by atoms with Crippen molar-refractivity contribution in [3.8, 4) is 11.4 Å². The smallest absolute Gasteiger partial charge is 0.266 e. The molecule has 0 aliphatic carbocycles. The molecule has 2 aromatic carbocycles. The molecule has 2 heterocycles. The summed E-state index contributed by atoms with van der Waals surface area (Å²) in [5.74, 6) is 0.678. The zero-order chi connectivity index (χ0) is 24.2. The molecule has 3 aromatic rings. The Morgan fingerprint density at radius 1 is 1.06 bits per heavy atom. The van der Waals surface area contributed by atoms with E-state index in [2.05, 4.69) is 17.6 Å². The standard InChI is InChI=1S/C26H26ClN3O3S/c1-17-15-19(18(2)30(17)22-9-5-20(27)6-10-22)16-24-25(31)29(13-14-32-3)26(34-24)28-21-7-11-23(33-4)12-8-21/h5-12,15-16H,13-14H2,1-4H3/b24-16+,28-26?. The van der Waals surface area contributed by atoms with Crippen LogP contribution in [0.4, 0.5) is 5.69 Å². The van der Waals surface area contributed by atoms with Gasteiger partial charge >= 0.3 is 0 Å². The number of halogens is 1. The SMILES string of the molecule is COCCN1C(=O)/C(=C\c2cc(C)n(-c3ccc(Cl)cc3)c2C)SC1=Nc1ccc(OC)cc1. The molecule has 176 valence electrons. The molecule has 0 radical (unpaired) electrons. The molecule has 1 aromatic heterocycles. The van der Waals surface area contributed by atoms with E-state index in [1.807, 2.05) is 61.5 Å². The van der Waals surface area contributed by atoms with Crippen LogP contribution < -0.4 is 4.74 Å². The molecule has 8 heteroatoms. The van der Waals surface area contributed by atoms with Crippen molar-refractivity contribution in [3.05, 3.63) is 81.5 Å². The van der Waals surface area contributed by atoms with Gasteiger partial charge in [0.15, 0.2) is 5.17 Å². The molecule has 0 atom stereocenters. The van der Waals surface area contributed by atoms with E-state index in [1.165, 1.54) is 11.8 Å². The van der Waals surface area contributed by atoms with E-state index in [1.54, 1.807) is 19.1 Å². The number of aliphatic imine (C=N–C) groups is 1. The van der Waals surface area contributed by atoms with Crippen LogP contribution in [0.15, 0.2) is 64.5 Å². The Morgan fingerprint density at radius 2 is 1.76 bits per heavy atom. The van der Waals surface area contributed by atoms with Crippen molar-refractivity contribution in [2.45, 2.75) is 13.8 Å². The van der Waals surface area contributed by atoms with Gasteiger partial charge in [-0.15, -0.1) is 0 Å². The molecule has 1 amide bonds. The lowest BCUT2D eigenvalue weighted by Gasteiger charge is -2.14. The number of amidine groups is 1. The van der Waals surface area contributed by atoms with Crippen molar-refractivity contribution in [2.75, 3.05) is 27.4 Å². The van der Waals surface area contributed by atoms with E-state index in [4.69, 9.17) is 26.1 Å². The lowest BCUT2D eigenvalue weighted by atomic mass is 10.2. The van der Waals surface area contributed by atoms with E-state index in [-0.39, 0.29) is 5.91 Å². The van der Waals surface area contributed by atoms with Gasteiger partial charge < -0.3 is 14.0 Å². The van der Waals surface area contributed by atoms with Gasteiger partial charge in [-0.1, -0.05) is 11.6 Å². The van der Waals surface area contributed by atoms with Crippen LogP contribution in [-0.4, -0.2) is 47.9 Å². The third kappa shape index (κ3) is 5.06. The van der Waals surface area contributed by atoms with Crippen LogP contribution in [0.5, 0.6) is 5.75 Å². The van der Waals surface area contributed by atoms with Gasteiger partial charge in [-0.2, -0.15) is 0 Å². The zero-order valence-corrected chi connectivity index (χ0v) is 21.1. The number of carbonyl (C=O) groups is 1. The fraction of sp³-hybridized carbons (Fsp3) is 0.231. The van der Waals surface area contributed by atoms with Crippen molar-refractivity contribution >= 4 is 46.2 Å². The van der Waals surface area contributed by atoms with Crippen molar-refractivity contribution in [2.24, 2.45) is 4.99 Å². The van der Waals surface area contributed by atoms with Gasteiger partial charge in [-0.3, -0.25) is 9.69 Å². The molecule has 1 aliphatic rings. The van der Waals surface area contributed by atoms with Gasteiger partial charge in [-0.25, -0.2) is 4.99 Å². The summed E-state index contributed by atoms with van der Waals surface area (Å²) in [7, 11) is 3.25. The number of hydrogen-bond donors (Lipinski definition) is 0. The fourth-order valence-electron chi connectivity index (χ4n) is 3.80. The van der Waals surface area contributed by atoms with E-state index >= 15 is 0 Å². The largest absolute Gasteiger partial charge is 0.497 e. The van der Waals surface area contributed by atoms with Gasteiger partial charge in [0.1, 0.15) is 5.75 Å². The summed E-state index contributed by atoms with van der Waals surface area (Å²) in [6.45, 7) is 4.95. The number of carbonyl (C=O) groups excluding carboxylic acids is 1. The van der Waals surface area contributed by atoms with Crippen LogP contribution in [0.25, 0.3) is 11.8 Å². The highest BCUT2D eigenvalue weighted by atomic mass is 35.5. The van der Waals surface area contributed by atoms with E-state index in [0.29, 0.717) is 28.2 Å². The highest BCUT2D eigenvalue weighted by molar-refractivity contribution is 8.18. The number of nitrogens with zero attached hydrogens (tertiary/aromatic N) is 3. The van der Waals surface area contributed by atoms with Crippen LogP contribution in [0.2, 0.25) is 5.02 Å². The molecule has 1 saturated heterocycles. The Labute approximate surface area is 208 Å². The Kier molecular flexibility index (Phi) is 7.46. The Hall–Kier alpha value is -3.00. The first-order chi connectivity index (χ1) is 16.4. The monoisotopic (exact) mass is 495 g/mol. The molecule has 0 spiro atoms. The number of methoxy groups -OCH3 is 2. The number of benzene rings is 2. The second kappa shape index (κ2) is 10.5. The van der Waals surface area contributed by atoms with Crippen LogP contribution >= 0.6 is 23.4 Å². The molecule has 6 nitrogen and oxygen atoms in total. The van der Waals surface area contributed by atoms with Gasteiger partial charge in [0.25, 0.3) is 5.91 Å². The fourth-order valence-corrected chi connectivity index (χ4v) is 4.94. The van der Waals surface area contributed by atoms with E-state index < -0.39 is 0 Å². The number of aromatic nitrogens is 1. The molecular weight excluding hydrogens is 470 g/mol. The minimum absolute atomic E-state index is 0.0781. The summed E-state index contributed by atoms with van der Waals surface area (Å²) < 4.78 is 12.6. The number of thioether (sulfide) groups is 1. The van der Waals surface area contributed by atoms with Crippen LogP contribution in [0, 0.1) is 13.8 Å². The molecule has 0 unspecified atom stereocenters. The number of hydrogen-bond acceptors (Lipinski definition) is 5. The molecule has 1 aliphatic heterocycles. The molecule has 1 fully saturated rings. The maximum Gasteiger partial charge on any atom is 0.266 e. The van der Waals surface area contributed by atoms with Gasteiger partial charge in [-0.05, 0) is 91.8 Å². The van der Waals surface area contributed by atoms with E-state index in [9.17, 15) is 4.79 Å². The molecule has 4 rings (SSSR count). The van der Waals surface area contributed by atoms with Gasteiger partial charge in [0.2, 0.25) is 0 Å². The predicted octanol–water partition coefficient (Wildman–Crippen LogP) is 6.01. The minimum atomic E-state index is -0.0781. The predicted molar refractivity (Wildman–Crippen MR) is 139 cm³/mol. The average molecular weight is 496 g/mol. The zero-order valence-electron chi connectivity index (χ0n) is 19.5. The van der Waals surface area contributed by atoms with Crippen molar-refractivity contribution in [1.29, 1.82) is 0 Å². The highest BCUT2D eigenvalue weighted by Gasteiger charge is 2.33. The summed E-state index contributed by atoms with van der Waals surface area (Å²) >= 11 is 7.43. The number of ether oxygens (including phenoxy) is 2. The quantitative estimate of drug-likeness (QED) is 0.377. The molecule has 0 saturated carbocycles. The Bertz CT molecular complexity index is 1250. The van der Waals surface area contributed by atoms with Crippen LogP contribution in [0.3, 0.4) is 0 Å². The number of amides is 1. The first kappa shape index (κ1) is 24.1. The summed E-state index contributed by atoms with van der Waals surface area (Å²) in [6, 6.07) is 17.2. The third-order valence-electron chi connectivity index (χ3n) is 5.55. The van der Waals surface area contributed by atoms with Crippen molar-refractivity contribution < 1.29 is 14.3 Å². The molecule has 0 N–H and O–H groups in total. The summed E-state index contributed by atoms with van der Waals surface area (Å²) in [5.41, 5.74) is 4.88. The summed E-state index contributed by atoms with van der Waals surface area (Å²) in [6.07, 6.45) is 1.94. The number of aryl methyl sites for hydroxylation is 1. The highest BCUT2D eigenvalue weighted by Crippen LogP contribution is 2.35. The molecular formula is C26H26ClN3O3S. The maximum atomic E-state index is 13.3. The second-order valence-corrected chi connectivity index (χ2v) is 9.24. The van der Waals surface area contributed by atoms with Crippen LogP contribution in [0.1, 0.15) is 17.0 Å².